The Bertz CT molecular complexity index is 586. The lowest BCUT2D eigenvalue weighted by atomic mass is 10.1. The average Bonchev–Trinajstić information content (AvgIpc) is 2.59. The van der Waals surface area contributed by atoms with Crippen LogP contribution in [0.5, 0.6) is 0 Å². The van der Waals surface area contributed by atoms with E-state index in [2.05, 4.69) is 5.32 Å². The molecule has 0 aromatic heterocycles. The Labute approximate surface area is 113 Å². The molecule has 1 aromatic rings. The van der Waals surface area contributed by atoms with Gasteiger partial charge in [0, 0.05) is 6.04 Å². The Balaban J connectivity index is 2.30. The number of hydrogen-bond acceptors (Lipinski definition) is 3. The van der Waals surface area contributed by atoms with Gasteiger partial charge < -0.3 is 5.32 Å². The quantitative estimate of drug-likeness (QED) is 0.913. The fraction of sp³-hybridized carbons (Fsp3) is 0.455. The monoisotopic (exact) mass is 313 g/mol. The molecule has 0 bridgehead atoms. The standard InChI is InChI=1S/C11H11ClF3NO2S/c12-9-3-1-2-8(11(13,14)15)10(9)16-7-4-5-19(17,18)6-7/h1-3,7,16H,4-6H2. The summed E-state index contributed by atoms with van der Waals surface area (Å²) < 4.78 is 61.1. The zero-order valence-electron chi connectivity index (χ0n) is 9.67. The van der Waals surface area contributed by atoms with E-state index in [-0.39, 0.29) is 28.6 Å². The molecule has 1 aliphatic rings. The van der Waals surface area contributed by atoms with Gasteiger partial charge in [-0.25, -0.2) is 8.42 Å². The van der Waals surface area contributed by atoms with Crippen LogP contribution in [-0.2, 0) is 16.0 Å². The Hall–Kier alpha value is -0.950. The molecular weight excluding hydrogens is 303 g/mol. The van der Waals surface area contributed by atoms with Gasteiger partial charge in [-0.1, -0.05) is 17.7 Å². The summed E-state index contributed by atoms with van der Waals surface area (Å²) in [5.41, 5.74) is -1.14. The van der Waals surface area contributed by atoms with Gasteiger partial charge in [0.05, 0.1) is 27.8 Å². The summed E-state index contributed by atoms with van der Waals surface area (Å²) in [6, 6.07) is 2.92. The van der Waals surface area contributed by atoms with Crippen molar-refractivity contribution in [1.82, 2.24) is 0 Å². The van der Waals surface area contributed by atoms with Crippen LogP contribution in [0.3, 0.4) is 0 Å². The van der Waals surface area contributed by atoms with Crippen molar-refractivity contribution in [2.45, 2.75) is 18.6 Å². The number of rotatable bonds is 2. The van der Waals surface area contributed by atoms with Gasteiger partial charge in [0.15, 0.2) is 9.84 Å². The highest BCUT2D eigenvalue weighted by atomic mass is 35.5. The van der Waals surface area contributed by atoms with Crippen LogP contribution < -0.4 is 5.32 Å². The third-order valence-electron chi connectivity index (χ3n) is 2.90. The van der Waals surface area contributed by atoms with Crippen molar-refractivity contribution in [3.63, 3.8) is 0 Å². The molecule has 1 atom stereocenters. The molecule has 1 N–H and O–H groups in total. The molecule has 106 valence electrons. The number of alkyl halides is 3. The van der Waals surface area contributed by atoms with Crippen LogP contribution in [0.2, 0.25) is 5.02 Å². The molecule has 2 rings (SSSR count). The lowest BCUT2D eigenvalue weighted by molar-refractivity contribution is -0.137. The summed E-state index contributed by atoms with van der Waals surface area (Å²) in [5, 5.41) is 2.54. The van der Waals surface area contributed by atoms with Gasteiger partial charge in [-0.3, -0.25) is 0 Å². The highest BCUT2D eigenvalue weighted by molar-refractivity contribution is 7.91. The van der Waals surface area contributed by atoms with Gasteiger partial charge in [-0.2, -0.15) is 13.2 Å². The smallest absolute Gasteiger partial charge is 0.380 e. The van der Waals surface area contributed by atoms with Gasteiger partial charge in [-0.15, -0.1) is 0 Å². The molecule has 0 aliphatic carbocycles. The first-order valence-electron chi connectivity index (χ1n) is 5.52. The number of halogens is 4. The van der Waals surface area contributed by atoms with Crippen molar-refractivity contribution in [1.29, 1.82) is 0 Å². The van der Waals surface area contributed by atoms with Crippen LogP contribution in [0.4, 0.5) is 18.9 Å². The minimum absolute atomic E-state index is 0.0174. The SMILES string of the molecule is O=S1(=O)CCC(Nc2c(Cl)cccc2C(F)(F)F)C1. The molecule has 1 fully saturated rings. The Kier molecular flexibility index (Phi) is 3.70. The van der Waals surface area contributed by atoms with Crippen molar-refractivity contribution in [2.75, 3.05) is 16.8 Å². The average molecular weight is 314 g/mol. The van der Waals surface area contributed by atoms with E-state index >= 15 is 0 Å². The van der Waals surface area contributed by atoms with Gasteiger partial charge >= 0.3 is 6.18 Å². The van der Waals surface area contributed by atoms with Crippen LogP contribution in [0.1, 0.15) is 12.0 Å². The van der Waals surface area contributed by atoms with Crippen LogP contribution >= 0.6 is 11.6 Å². The molecule has 0 spiro atoms. The first-order valence-corrected chi connectivity index (χ1v) is 7.72. The van der Waals surface area contributed by atoms with Crippen LogP contribution in [0, 0.1) is 0 Å². The van der Waals surface area contributed by atoms with Crippen LogP contribution in [-0.4, -0.2) is 26.0 Å². The molecule has 1 aliphatic heterocycles. The van der Waals surface area contributed by atoms with Gasteiger partial charge in [0.2, 0.25) is 0 Å². The third kappa shape index (κ3) is 3.33. The molecule has 8 heteroatoms. The van der Waals surface area contributed by atoms with Crippen molar-refractivity contribution in [3.05, 3.63) is 28.8 Å². The molecule has 0 saturated carbocycles. The topological polar surface area (TPSA) is 46.2 Å². The number of nitrogens with one attached hydrogen (secondary N) is 1. The lowest BCUT2D eigenvalue weighted by Crippen LogP contribution is -2.23. The largest absolute Gasteiger partial charge is 0.418 e. The zero-order valence-corrected chi connectivity index (χ0v) is 11.2. The van der Waals surface area contributed by atoms with Crippen molar-refractivity contribution in [2.24, 2.45) is 0 Å². The number of hydrogen-bond donors (Lipinski definition) is 1. The Morgan fingerprint density at radius 3 is 2.53 bits per heavy atom. The molecule has 1 aromatic carbocycles. The second kappa shape index (κ2) is 4.86. The first-order chi connectivity index (χ1) is 8.69. The summed E-state index contributed by atoms with van der Waals surface area (Å²) in [5.74, 6) is -0.189. The molecular formula is C11H11ClF3NO2S. The summed E-state index contributed by atoms with van der Waals surface area (Å²) in [6.07, 6.45) is -4.25. The van der Waals surface area contributed by atoms with Crippen LogP contribution in [0.15, 0.2) is 18.2 Å². The van der Waals surface area contributed by atoms with E-state index in [1.165, 1.54) is 12.1 Å². The van der Waals surface area contributed by atoms with Crippen molar-refractivity contribution < 1.29 is 21.6 Å². The molecule has 0 radical (unpaired) electrons. The minimum Gasteiger partial charge on any atom is -0.380 e. The Morgan fingerprint density at radius 1 is 1.32 bits per heavy atom. The van der Waals surface area contributed by atoms with E-state index in [0.29, 0.717) is 0 Å². The molecule has 3 nitrogen and oxygen atoms in total. The summed E-state index contributed by atoms with van der Waals surface area (Å²) >= 11 is 5.77. The van der Waals surface area contributed by atoms with E-state index in [4.69, 9.17) is 11.6 Å². The molecule has 19 heavy (non-hydrogen) atoms. The highest BCUT2D eigenvalue weighted by Gasteiger charge is 2.36. The fourth-order valence-corrected chi connectivity index (χ4v) is 3.92. The second-order valence-electron chi connectivity index (χ2n) is 4.40. The zero-order chi connectivity index (χ0) is 14.3. The van der Waals surface area contributed by atoms with Crippen LogP contribution in [0.25, 0.3) is 0 Å². The maximum Gasteiger partial charge on any atom is 0.418 e. The van der Waals surface area contributed by atoms with Crippen molar-refractivity contribution in [3.8, 4) is 0 Å². The molecule has 1 saturated heterocycles. The lowest BCUT2D eigenvalue weighted by Gasteiger charge is -2.19. The predicted molar refractivity (Wildman–Crippen MR) is 67.1 cm³/mol. The number of benzene rings is 1. The summed E-state index contributed by atoms with van der Waals surface area (Å²) in [6.45, 7) is 0. The van der Waals surface area contributed by atoms with E-state index in [1.807, 2.05) is 0 Å². The second-order valence-corrected chi connectivity index (χ2v) is 7.04. The summed E-state index contributed by atoms with van der Waals surface area (Å²) in [7, 11) is -3.16. The minimum atomic E-state index is -4.54. The van der Waals surface area contributed by atoms with Gasteiger partial charge in [0.1, 0.15) is 0 Å². The van der Waals surface area contributed by atoms with Crippen molar-refractivity contribution >= 4 is 27.1 Å². The molecule has 1 unspecified atom stereocenters. The van der Waals surface area contributed by atoms with E-state index in [1.54, 1.807) is 0 Å². The number of anilines is 1. The molecule has 0 amide bonds. The van der Waals surface area contributed by atoms with E-state index in [0.717, 1.165) is 6.07 Å². The van der Waals surface area contributed by atoms with Gasteiger partial charge in [0.25, 0.3) is 0 Å². The Morgan fingerprint density at radius 2 is 2.00 bits per heavy atom. The van der Waals surface area contributed by atoms with E-state index < -0.39 is 27.6 Å². The molecule has 1 heterocycles. The maximum absolute atomic E-state index is 12.8. The first kappa shape index (κ1) is 14.5. The summed E-state index contributed by atoms with van der Waals surface area (Å²) in [4.78, 5) is 0. The van der Waals surface area contributed by atoms with E-state index in [9.17, 15) is 21.6 Å². The number of para-hydroxylation sites is 1. The normalized spacial score (nSPS) is 22.4. The highest BCUT2D eigenvalue weighted by Crippen LogP contribution is 2.39. The number of sulfone groups is 1. The van der Waals surface area contributed by atoms with Gasteiger partial charge in [-0.05, 0) is 18.6 Å². The third-order valence-corrected chi connectivity index (χ3v) is 4.98. The maximum atomic E-state index is 12.8. The predicted octanol–water partition coefficient (Wildman–Crippen LogP) is 2.96. The fourth-order valence-electron chi connectivity index (χ4n) is 2.02.